The molecule has 0 radical (unpaired) electrons. The summed E-state index contributed by atoms with van der Waals surface area (Å²) in [6, 6.07) is 0. The Morgan fingerprint density at radius 1 is 1.62 bits per heavy atom. The van der Waals surface area contributed by atoms with E-state index in [1.54, 1.807) is 0 Å². The van der Waals surface area contributed by atoms with E-state index in [4.69, 9.17) is 10.6 Å². The van der Waals surface area contributed by atoms with E-state index in [-0.39, 0.29) is 6.35 Å². The van der Waals surface area contributed by atoms with Crippen LogP contribution in [-0.4, -0.2) is 17.6 Å². The molecule has 3 N–H and O–H groups in total. The summed E-state index contributed by atoms with van der Waals surface area (Å²) in [7, 11) is -0.529. The maximum Gasteiger partial charge on any atom is 0.0757 e. The third kappa shape index (κ3) is 4.51. The Morgan fingerprint density at radius 3 is 2.62 bits per heavy atom. The first-order valence-electron chi connectivity index (χ1n) is 2.91. The van der Waals surface area contributed by atoms with E-state index in [1.807, 2.05) is 0 Å². The topological polar surface area (TPSA) is 46.2 Å². The molecule has 0 aliphatic carbocycles. The van der Waals surface area contributed by atoms with Gasteiger partial charge >= 0.3 is 0 Å². The predicted octanol–water partition coefficient (Wildman–Crippen LogP) is 1.09. The van der Waals surface area contributed by atoms with Crippen molar-refractivity contribution in [2.75, 3.05) is 12.5 Å². The molecule has 0 amide bonds. The molecule has 0 aliphatic rings. The molecule has 1 atom stereocenters. The second-order valence-electron chi connectivity index (χ2n) is 1.81. The second-order valence-corrected chi connectivity index (χ2v) is 3.71. The summed E-state index contributed by atoms with van der Waals surface area (Å²) in [5.41, 5.74) is 5.47. The number of hydrogen-bond donors (Lipinski definition) is 2. The van der Waals surface area contributed by atoms with Crippen LogP contribution in [0, 0.1) is 0 Å². The third-order valence-corrected chi connectivity index (χ3v) is 2.23. The van der Waals surface area contributed by atoms with Crippen LogP contribution in [0.3, 0.4) is 0 Å². The highest BCUT2D eigenvalue weighted by Crippen LogP contribution is 2.23. The Kier molecular flexibility index (Phi) is 5.73. The van der Waals surface area contributed by atoms with Gasteiger partial charge in [-0.2, -0.15) is 0 Å². The van der Waals surface area contributed by atoms with Crippen LogP contribution >= 0.6 is 8.07 Å². The van der Waals surface area contributed by atoms with Crippen LogP contribution in [0.25, 0.3) is 0 Å². The molecule has 3 heteroatoms. The van der Waals surface area contributed by atoms with Crippen molar-refractivity contribution >= 4 is 8.07 Å². The van der Waals surface area contributed by atoms with E-state index in [1.165, 1.54) is 6.42 Å². The highest BCUT2D eigenvalue weighted by atomic mass is 31.1. The van der Waals surface area contributed by atoms with Crippen molar-refractivity contribution in [3.8, 4) is 0 Å². The van der Waals surface area contributed by atoms with Crippen LogP contribution in [0.2, 0.25) is 0 Å². The fraction of sp³-hybridized carbons (Fsp3) is 1.00. The second kappa shape index (κ2) is 5.49. The Labute approximate surface area is 51.9 Å². The van der Waals surface area contributed by atoms with Crippen LogP contribution in [0.4, 0.5) is 0 Å². The summed E-state index contributed by atoms with van der Waals surface area (Å²) in [4.78, 5) is 0. The van der Waals surface area contributed by atoms with Crippen LogP contribution in [0.1, 0.15) is 19.8 Å². The number of aliphatic hydroxyl groups excluding tert-OH is 1. The van der Waals surface area contributed by atoms with Crippen molar-refractivity contribution in [1.82, 2.24) is 0 Å². The van der Waals surface area contributed by atoms with E-state index in [9.17, 15) is 0 Å². The van der Waals surface area contributed by atoms with Crippen LogP contribution in [0.15, 0.2) is 0 Å². The molecule has 1 unspecified atom stereocenters. The summed E-state index contributed by atoms with van der Waals surface area (Å²) < 4.78 is 0. The zero-order valence-corrected chi connectivity index (χ0v) is 6.19. The summed E-state index contributed by atoms with van der Waals surface area (Å²) >= 11 is 0. The van der Waals surface area contributed by atoms with Gasteiger partial charge in [-0.15, -0.1) is 0 Å². The number of unbranched alkanes of at least 4 members (excludes halogenated alkanes) is 1. The Hall–Kier alpha value is 0.350. The molecular weight excluding hydrogens is 121 g/mol. The van der Waals surface area contributed by atoms with Crippen molar-refractivity contribution in [3.63, 3.8) is 0 Å². The van der Waals surface area contributed by atoms with Gasteiger partial charge in [-0.25, -0.2) is 0 Å². The Bertz CT molecular complexity index is 51.7. The van der Waals surface area contributed by atoms with E-state index in [0.717, 1.165) is 12.6 Å². The number of aliphatic hydroxyl groups is 1. The average Bonchev–Trinajstić information content (AvgIpc) is 1.83. The van der Waals surface area contributed by atoms with Crippen molar-refractivity contribution in [2.45, 2.75) is 19.8 Å². The van der Waals surface area contributed by atoms with E-state index in [0.29, 0.717) is 0 Å². The van der Waals surface area contributed by atoms with Crippen LogP contribution < -0.4 is 5.50 Å². The highest BCUT2D eigenvalue weighted by molar-refractivity contribution is 7.54. The lowest BCUT2D eigenvalue weighted by Crippen LogP contribution is -1.96. The molecule has 0 bridgehead atoms. The minimum absolute atomic E-state index is 0.190. The maximum absolute atomic E-state index is 8.47. The molecule has 50 valence electrons. The van der Waals surface area contributed by atoms with Gasteiger partial charge in [0.15, 0.2) is 0 Å². The predicted molar refractivity (Wildman–Crippen MR) is 38.0 cm³/mol. The first kappa shape index (κ1) is 8.35. The van der Waals surface area contributed by atoms with Gasteiger partial charge in [0.05, 0.1) is 6.35 Å². The van der Waals surface area contributed by atoms with Gasteiger partial charge in [0.25, 0.3) is 0 Å². The minimum atomic E-state index is -0.529. The fourth-order valence-electron chi connectivity index (χ4n) is 0.432. The molecule has 8 heavy (non-hydrogen) atoms. The van der Waals surface area contributed by atoms with Gasteiger partial charge in [0.1, 0.15) is 0 Å². The van der Waals surface area contributed by atoms with Crippen molar-refractivity contribution < 1.29 is 5.11 Å². The molecule has 0 aromatic heterocycles. The smallest absolute Gasteiger partial charge is 0.0757 e. The highest BCUT2D eigenvalue weighted by Gasteiger charge is 1.95. The lowest BCUT2D eigenvalue weighted by molar-refractivity contribution is 0.369. The molecule has 0 spiro atoms. The first-order chi connectivity index (χ1) is 3.81. The molecule has 0 aliphatic heterocycles. The standard InChI is InChI=1S/C5H14NOP/c1-2-3-4-8(6)5-7/h7H,2-6H2,1H3. The number of nitrogens with two attached hydrogens (primary N) is 1. The molecule has 0 fully saturated rings. The Morgan fingerprint density at radius 2 is 2.25 bits per heavy atom. The minimum Gasteiger partial charge on any atom is -0.391 e. The normalized spacial score (nSPS) is 13.9. The molecule has 2 nitrogen and oxygen atoms in total. The molecule has 0 aromatic carbocycles. The first-order valence-corrected chi connectivity index (χ1v) is 4.70. The van der Waals surface area contributed by atoms with Crippen molar-refractivity contribution in [2.24, 2.45) is 5.50 Å². The molecular formula is C5H14NOP. The average molecular weight is 135 g/mol. The molecule has 0 heterocycles. The summed E-state index contributed by atoms with van der Waals surface area (Å²) in [6.07, 6.45) is 3.54. The summed E-state index contributed by atoms with van der Waals surface area (Å²) in [5.74, 6) is 0. The van der Waals surface area contributed by atoms with Gasteiger partial charge in [-0.1, -0.05) is 13.3 Å². The van der Waals surface area contributed by atoms with Gasteiger partial charge in [-0.05, 0) is 20.7 Å². The van der Waals surface area contributed by atoms with E-state index < -0.39 is 8.07 Å². The Balaban J connectivity index is 2.86. The van der Waals surface area contributed by atoms with E-state index >= 15 is 0 Å². The van der Waals surface area contributed by atoms with Gasteiger partial charge in [-0.3, -0.25) is 0 Å². The lowest BCUT2D eigenvalue weighted by atomic mass is 10.4. The van der Waals surface area contributed by atoms with Gasteiger partial charge < -0.3 is 10.6 Å². The fourth-order valence-corrected chi connectivity index (χ4v) is 1.30. The molecule has 0 rings (SSSR count). The summed E-state index contributed by atoms with van der Waals surface area (Å²) in [5, 5.41) is 8.47. The summed E-state index contributed by atoms with van der Waals surface area (Å²) in [6.45, 7) is 2.13. The SMILES string of the molecule is CCCCP(N)CO. The third-order valence-electron chi connectivity index (χ3n) is 0.981. The lowest BCUT2D eigenvalue weighted by Gasteiger charge is -2.04. The quantitative estimate of drug-likeness (QED) is 0.567. The molecule has 0 saturated carbocycles. The van der Waals surface area contributed by atoms with E-state index in [2.05, 4.69) is 6.92 Å². The monoisotopic (exact) mass is 135 g/mol. The molecule has 0 aromatic rings. The van der Waals surface area contributed by atoms with Crippen molar-refractivity contribution in [1.29, 1.82) is 0 Å². The number of rotatable bonds is 4. The van der Waals surface area contributed by atoms with Crippen molar-refractivity contribution in [3.05, 3.63) is 0 Å². The zero-order chi connectivity index (χ0) is 6.41. The van der Waals surface area contributed by atoms with Gasteiger partial charge in [0.2, 0.25) is 0 Å². The molecule has 0 saturated heterocycles. The maximum atomic E-state index is 8.47. The largest absolute Gasteiger partial charge is 0.391 e. The van der Waals surface area contributed by atoms with Crippen LogP contribution in [-0.2, 0) is 0 Å². The number of hydrogen-bond acceptors (Lipinski definition) is 2. The van der Waals surface area contributed by atoms with Gasteiger partial charge in [0, 0.05) is 0 Å². The van der Waals surface area contributed by atoms with Crippen LogP contribution in [0.5, 0.6) is 0 Å². The zero-order valence-electron chi connectivity index (χ0n) is 5.30.